The number of anilines is 2. The molecule has 0 spiro atoms. The molecule has 3 aromatic rings. The van der Waals surface area contributed by atoms with Crippen LogP contribution in [-0.2, 0) is 6.54 Å². The van der Waals surface area contributed by atoms with Gasteiger partial charge in [-0.2, -0.15) is 0 Å². The average Bonchev–Trinajstić information content (AvgIpc) is 2.43. The molecule has 1 aromatic heterocycles. The molecule has 0 unspecified atom stereocenters. The van der Waals surface area contributed by atoms with E-state index in [1.807, 2.05) is 53.2 Å². The first-order valence-corrected chi connectivity index (χ1v) is 6.41. The van der Waals surface area contributed by atoms with Gasteiger partial charge in [0.2, 0.25) is 0 Å². The molecule has 0 radical (unpaired) electrons. The Kier molecular flexibility index (Phi) is 2.96. The number of para-hydroxylation sites is 1. The zero-order valence-electron chi connectivity index (χ0n) is 11.0. The summed E-state index contributed by atoms with van der Waals surface area (Å²) in [4.78, 5) is 0. The van der Waals surface area contributed by atoms with Gasteiger partial charge in [-0.05, 0) is 30.3 Å². The largest absolute Gasteiger partial charge is 0.399 e. The first kappa shape index (κ1) is 12.4. The SMILES string of the molecule is NCc1[nH]n(-c2ccc(N)cc2)c1-c1ccccc1N. The first-order valence-electron chi connectivity index (χ1n) is 6.41. The topological polar surface area (TPSA) is 98.8 Å². The van der Waals surface area contributed by atoms with E-state index >= 15 is 0 Å². The fourth-order valence-corrected chi connectivity index (χ4v) is 2.28. The van der Waals surface area contributed by atoms with Crippen molar-refractivity contribution in [1.29, 1.82) is 0 Å². The van der Waals surface area contributed by atoms with Crippen LogP contribution in [0.5, 0.6) is 0 Å². The molecule has 2 aromatic carbocycles. The third-order valence-corrected chi connectivity index (χ3v) is 3.33. The Balaban J connectivity index is 2.12. The fourth-order valence-electron chi connectivity index (χ4n) is 2.28. The molecule has 0 saturated carbocycles. The highest BCUT2D eigenvalue weighted by Crippen LogP contribution is 2.32. The lowest BCUT2D eigenvalue weighted by Gasteiger charge is -2.24. The molecule has 0 aliphatic rings. The molecule has 3 rings (SSSR count). The third kappa shape index (κ3) is 1.94. The van der Waals surface area contributed by atoms with E-state index in [1.165, 1.54) is 0 Å². The zero-order chi connectivity index (χ0) is 14.1. The lowest BCUT2D eigenvalue weighted by molar-refractivity contribution is 0.728. The molecule has 0 aliphatic heterocycles. The number of aromatic nitrogens is 2. The summed E-state index contributed by atoms with van der Waals surface area (Å²) in [6, 6.07) is 15.4. The highest BCUT2D eigenvalue weighted by molar-refractivity contribution is 5.77. The van der Waals surface area contributed by atoms with Crippen LogP contribution >= 0.6 is 0 Å². The maximum atomic E-state index is 6.06. The Morgan fingerprint density at radius 2 is 1.65 bits per heavy atom. The molecule has 7 N–H and O–H groups in total. The quantitative estimate of drug-likeness (QED) is 0.547. The van der Waals surface area contributed by atoms with Crippen LogP contribution < -0.4 is 17.2 Å². The molecule has 0 atom stereocenters. The van der Waals surface area contributed by atoms with Crippen molar-refractivity contribution in [1.82, 2.24) is 9.78 Å². The monoisotopic (exact) mass is 267 g/mol. The second-order valence-corrected chi connectivity index (χ2v) is 4.66. The molecule has 0 saturated heterocycles. The van der Waals surface area contributed by atoms with E-state index in [0.29, 0.717) is 6.54 Å². The number of H-pyrrole nitrogens is 1. The first-order chi connectivity index (χ1) is 9.70. The average molecular weight is 267 g/mol. The number of nitrogens with zero attached hydrogens (tertiary/aromatic N) is 1. The zero-order valence-corrected chi connectivity index (χ0v) is 11.0. The second-order valence-electron chi connectivity index (χ2n) is 4.66. The van der Waals surface area contributed by atoms with Crippen molar-refractivity contribution in [3.05, 3.63) is 54.2 Å². The van der Waals surface area contributed by atoms with E-state index < -0.39 is 0 Å². The maximum Gasteiger partial charge on any atom is 0.0944 e. The standard InChI is InChI=1S/C15H17N5/c16-9-14-15(12-3-1-2-4-13(12)18)20(19-14)11-7-5-10(17)6-8-11/h1-8,19H,9,16-18H2. The lowest BCUT2D eigenvalue weighted by Crippen LogP contribution is -2.20. The molecule has 5 nitrogen and oxygen atoms in total. The summed E-state index contributed by atoms with van der Waals surface area (Å²) in [5.74, 6) is 0. The highest BCUT2D eigenvalue weighted by Gasteiger charge is 2.17. The minimum atomic E-state index is 0.440. The van der Waals surface area contributed by atoms with Crippen LogP contribution in [0.3, 0.4) is 0 Å². The predicted molar refractivity (Wildman–Crippen MR) is 82.3 cm³/mol. The Hall–Kier alpha value is -2.66. The van der Waals surface area contributed by atoms with Gasteiger partial charge in [0.1, 0.15) is 0 Å². The number of nitrogens with one attached hydrogen (secondary N) is 1. The van der Waals surface area contributed by atoms with Crippen molar-refractivity contribution < 1.29 is 0 Å². The lowest BCUT2D eigenvalue weighted by atomic mass is 10.1. The summed E-state index contributed by atoms with van der Waals surface area (Å²) in [7, 11) is 0. The summed E-state index contributed by atoms with van der Waals surface area (Å²) in [5, 5.41) is 3.23. The smallest absolute Gasteiger partial charge is 0.0944 e. The van der Waals surface area contributed by atoms with Gasteiger partial charge < -0.3 is 17.2 Å². The van der Waals surface area contributed by atoms with Crippen LogP contribution in [0.1, 0.15) is 5.69 Å². The van der Waals surface area contributed by atoms with Crippen molar-refractivity contribution in [2.24, 2.45) is 5.73 Å². The number of aromatic amines is 1. The molecule has 0 amide bonds. The maximum absolute atomic E-state index is 6.06. The molecule has 20 heavy (non-hydrogen) atoms. The molecule has 0 aliphatic carbocycles. The summed E-state index contributed by atoms with van der Waals surface area (Å²) in [5.41, 5.74) is 23.0. The van der Waals surface area contributed by atoms with Gasteiger partial charge >= 0.3 is 0 Å². The van der Waals surface area contributed by atoms with Gasteiger partial charge in [0.05, 0.1) is 17.1 Å². The normalized spacial score (nSPS) is 10.8. The van der Waals surface area contributed by atoms with Crippen LogP contribution in [0.25, 0.3) is 16.9 Å². The van der Waals surface area contributed by atoms with Crippen LogP contribution in [-0.4, -0.2) is 9.78 Å². The fraction of sp³-hybridized carbons (Fsp3) is 0.0667. The number of hydrogen-bond donors (Lipinski definition) is 4. The summed E-state index contributed by atoms with van der Waals surface area (Å²) < 4.78 is 1.97. The van der Waals surface area contributed by atoms with Gasteiger partial charge in [0.25, 0.3) is 0 Å². The van der Waals surface area contributed by atoms with Crippen LogP contribution in [0.2, 0.25) is 0 Å². The Morgan fingerprint density at radius 3 is 2.30 bits per heavy atom. The van der Waals surface area contributed by atoms with E-state index in [-0.39, 0.29) is 0 Å². The Bertz CT molecular complexity index is 721. The number of hydrogen-bond acceptors (Lipinski definition) is 3. The van der Waals surface area contributed by atoms with Crippen molar-refractivity contribution in [3.63, 3.8) is 0 Å². The summed E-state index contributed by atoms with van der Waals surface area (Å²) in [6.07, 6.45) is 0. The molecule has 0 fully saturated rings. The molecule has 5 heteroatoms. The molecular formula is C15H17N5. The molecule has 1 heterocycles. The van der Waals surface area contributed by atoms with E-state index in [2.05, 4.69) is 5.10 Å². The molecule has 102 valence electrons. The van der Waals surface area contributed by atoms with Crippen molar-refractivity contribution in [2.75, 3.05) is 11.5 Å². The Labute approximate surface area is 117 Å². The van der Waals surface area contributed by atoms with E-state index in [4.69, 9.17) is 17.2 Å². The summed E-state index contributed by atoms with van der Waals surface area (Å²) >= 11 is 0. The van der Waals surface area contributed by atoms with Gasteiger partial charge in [-0.15, -0.1) is 0 Å². The van der Waals surface area contributed by atoms with E-state index in [1.54, 1.807) is 0 Å². The summed E-state index contributed by atoms with van der Waals surface area (Å²) in [6.45, 7) is 0.440. The van der Waals surface area contributed by atoms with Crippen molar-refractivity contribution >= 4 is 11.4 Å². The number of rotatable bonds is 3. The second kappa shape index (κ2) is 4.79. The van der Waals surface area contributed by atoms with E-state index in [0.717, 1.165) is 34.0 Å². The van der Waals surface area contributed by atoms with Crippen LogP contribution in [0, 0.1) is 0 Å². The van der Waals surface area contributed by atoms with Crippen molar-refractivity contribution in [2.45, 2.75) is 6.54 Å². The highest BCUT2D eigenvalue weighted by atomic mass is 15.3. The van der Waals surface area contributed by atoms with Crippen LogP contribution in [0.4, 0.5) is 11.4 Å². The minimum Gasteiger partial charge on any atom is -0.399 e. The number of nitrogen functional groups attached to an aromatic ring is 2. The molecular weight excluding hydrogens is 250 g/mol. The van der Waals surface area contributed by atoms with Gasteiger partial charge in [0.15, 0.2) is 0 Å². The van der Waals surface area contributed by atoms with Crippen LogP contribution in [0.15, 0.2) is 48.5 Å². The van der Waals surface area contributed by atoms with Gasteiger partial charge in [0, 0.05) is 23.5 Å². The number of nitrogens with two attached hydrogens (primary N) is 3. The van der Waals surface area contributed by atoms with E-state index in [9.17, 15) is 0 Å². The van der Waals surface area contributed by atoms with Crippen molar-refractivity contribution in [3.8, 4) is 16.9 Å². The van der Waals surface area contributed by atoms with Gasteiger partial charge in [-0.1, -0.05) is 18.2 Å². The third-order valence-electron chi connectivity index (χ3n) is 3.33. The Morgan fingerprint density at radius 1 is 0.950 bits per heavy atom. The number of benzene rings is 2. The molecule has 0 bridgehead atoms. The van der Waals surface area contributed by atoms with Gasteiger partial charge in [-0.25, -0.2) is 0 Å². The minimum absolute atomic E-state index is 0.440. The van der Waals surface area contributed by atoms with Gasteiger partial charge in [-0.3, -0.25) is 9.78 Å². The predicted octanol–water partition coefficient (Wildman–Crippen LogP) is 2.10.